The maximum atomic E-state index is 12.5. The molecule has 1 saturated heterocycles. The number of anilines is 2. The summed E-state index contributed by atoms with van der Waals surface area (Å²) in [5.41, 5.74) is 8.86. The van der Waals surface area contributed by atoms with Crippen LogP contribution in [0.1, 0.15) is 11.1 Å². The SMILES string of the molecule is Cc1ccc(N)c(NC(=O)C(=O)N2CCN(Cc3ccc4c(c3)OCO4)CC2)c1. The van der Waals surface area contributed by atoms with Crippen molar-refractivity contribution in [3.8, 4) is 11.5 Å². The van der Waals surface area contributed by atoms with Crippen LogP contribution in [0.2, 0.25) is 0 Å². The van der Waals surface area contributed by atoms with E-state index in [9.17, 15) is 9.59 Å². The fourth-order valence-electron chi connectivity index (χ4n) is 3.50. The highest BCUT2D eigenvalue weighted by Crippen LogP contribution is 2.32. The van der Waals surface area contributed by atoms with E-state index in [0.717, 1.165) is 29.2 Å². The first-order valence-corrected chi connectivity index (χ1v) is 9.57. The van der Waals surface area contributed by atoms with Gasteiger partial charge in [-0.15, -0.1) is 0 Å². The Labute approximate surface area is 169 Å². The van der Waals surface area contributed by atoms with Gasteiger partial charge >= 0.3 is 11.8 Å². The van der Waals surface area contributed by atoms with Crippen molar-refractivity contribution in [2.75, 3.05) is 44.0 Å². The van der Waals surface area contributed by atoms with Crippen molar-refractivity contribution < 1.29 is 19.1 Å². The molecule has 8 nitrogen and oxygen atoms in total. The Morgan fingerprint density at radius 1 is 1.03 bits per heavy atom. The zero-order valence-corrected chi connectivity index (χ0v) is 16.3. The number of carbonyl (C=O) groups excluding carboxylic acids is 2. The number of piperazine rings is 1. The highest BCUT2D eigenvalue weighted by Gasteiger charge is 2.26. The van der Waals surface area contributed by atoms with Crippen LogP contribution in [-0.4, -0.2) is 54.6 Å². The Bertz CT molecular complexity index is 938. The smallest absolute Gasteiger partial charge is 0.313 e. The number of aryl methyl sites for hydroxylation is 1. The van der Waals surface area contributed by atoms with E-state index in [4.69, 9.17) is 15.2 Å². The number of hydrogen-bond acceptors (Lipinski definition) is 6. The van der Waals surface area contributed by atoms with E-state index in [1.54, 1.807) is 17.0 Å². The van der Waals surface area contributed by atoms with Gasteiger partial charge in [0.2, 0.25) is 6.79 Å². The van der Waals surface area contributed by atoms with Crippen molar-refractivity contribution in [3.05, 3.63) is 47.5 Å². The Kier molecular flexibility index (Phi) is 5.26. The van der Waals surface area contributed by atoms with Gasteiger partial charge in [0.05, 0.1) is 11.4 Å². The molecule has 8 heteroatoms. The molecule has 2 heterocycles. The van der Waals surface area contributed by atoms with Crippen molar-refractivity contribution >= 4 is 23.2 Å². The molecule has 0 aromatic heterocycles. The second kappa shape index (κ2) is 8.00. The molecule has 2 aliphatic heterocycles. The van der Waals surface area contributed by atoms with E-state index in [1.165, 1.54) is 0 Å². The van der Waals surface area contributed by atoms with Crippen molar-refractivity contribution in [2.45, 2.75) is 13.5 Å². The van der Waals surface area contributed by atoms with Gasteiger partial charge in [0.25, 0.3) is 0 Å². The second-order valence-electron chi connectivity index (χ2n) is 7.30. The molecule has 29 heavy (non-hydrogen) atoms. The highest BCUT2D eigenvalue weighted by molar-refractivity contribution is 6.39. The zero-order valence-electron chi connectivity index (χ0n) is 16.3. The molecular formula is C21H24N4O4. The van der Waals surface area contributed by atoms with Gasteiger partial charge in [-0.3, -0.25) is 14.5 Å². The number of nitrogen functional groups attached to an aromatic ring is 1. The zero-order chi connectivity index (χ0) is 20.4. The van der Waals surface area contributed by atoms with Gasteiger partial charge in [0.15, 0.2) is 11.5 Å². The van der Waals surface area contributed by atoms with Crippen molar-refractivity contribution in [2.24, 2.45) is 0 Å². The summed E-state index contributed by atoms with van der Waals surface area (Å²) in [7, 11) is 0. The first-order chi connectivity index (χ1) is 14.0. The molecule has 152 valence electrons. The highest BCUT2D eigenvalue weighted by atomic mass is 16.7. The van der Waals surface area contributed by atoms with Crippen LogP contribution in [0.15, 0.2) is 36.4 Å². The third kappa shape index (κ3) is 4.27. The Balaban J connectivity index is 1.30. The molecule has 0 unspecified atom stereocenters. The van der Waals surface area contributed by atoms with Crippen LogP contribution in [0.3, 0.4) is 0 Å². The number of nitrogens with two attached hydrogens (primary N) is 1. The third-order valence-corrected chi connectivity index (χ3v) is 5.15. The van der Waals surface area contributed by atoms with E-state index in [-0.39, 0.29) is 6.79 Å². The van der Waals surface area contributed by atoms with Gasteiger partial charge in [0, 0.05) is 32.7 Å². The summed E-state index contributed by atoms with van der Waals surface area (Å²) in [6.07, 6.45) is 0. The van der Waals surface area contributed by atoms with Gasteiger partial charge < -0.3 is 25.4 Å². The fourth-order valence-corrected chi connectivity index (χ4v) is 3.50. The van der Waals surface area contributed by atoms with Crippen LogP contribution in [-0.2, 0) is 16.1 Å². The van der Waals surface area contributed by atoms with Gasteiger partial charge in [-0.2, -0.15) is 0 Å². The molecule has 2 aromatic rings. The average Bonchev–Trinajstić information content (AvgIpc) is 3.18. The number of benzene rings is 2. The van der Waals surface area contributed by atoms with Crippen molar-refractivity contribution in [1.82, 2.24) is 9.80 Å². The lowest BCUT2D eigenvalue weighted by Gasteiger charge is -2.34. The molecule has 0 bridgehead atoms. The minimum atomic E-state index is -0.661. The van der Waals surface area contributed by atoms with Gasteiger partial charge in [-0.25, -0.2) is 0 Å². The van der Waals surface area contributed by atoms with Crippen LogP contribution < -0.4 is 20.5 Å². The van der Waals surface area contributed by atoms with E-state index in [1.807, 2.05) is 31.2 Å². The topological polar surface area (TPSA) is 97.1 Å². The van der Waals surface area contributed by atoms with Gasteiger partial charge in [-0.1, -0.05) is 12.1 Å². The predicted octanol–water partition coefficient (Wildman–Crippen LogP) is 1.59. The lowest BCUT2D eigenvalue weighted by atomic mass is 10.1. The largest absolute Gasteiger partial charge is 0.454 e. The number of amides is 2. The summed E-state index contributed by atoms with van der Waals surface area (Å²) in [5.74, 6) is 0.341. The standard InChI is InChI=1S/C21H24N4O4/c1-14-2-4-16(22)17(10-14)23-20(26)21(27)25-8-6-24(7-9-25)12-15-3-5-18-19(11-15)29-13-28-18/h2-5,10-11H,6-9,12-13,22H2,1H3,(H,23,26). The molecule has 0 spiro atoms. The summed E-state index contributed by atoms with van der Waals surface area (Å²) in [4.78, 5) is 28.7. The molecule has 0 atom stereocenters. The quantitative estimate of drug-likeness (QED) is 0.604. The number of carbonyl (C=O) groups is 2. The van der Waals surface area contributed by atoms with Gasteiger partial charge in [0.1, 0.15) is 0 Å². The Morgan fingerprint density at radius 3 is 2.59 bits per heavy atom. The van der Waals surface area contributed by atoms with Crippen LogP contribution in [0.25, 0.3) is 0 Å². The minimum absolute atomic E-state index is 0.260. The van der Waals surface area contributed by atoms with E-state index in [2.05, 4.69) is 10.2 Å². The van der Waals surface area contributed by atoms with Crippen LogP contribution >= 0.6 is 0 Å². The molecular weight excluding hydrogens is 372 g/mol. The van der Waals surface area contributed by atoms with Crippen LogP contribution in [0.5, 0.6) is 11.5 Å². The monoisotopic (exact) mass is 396 g/mol. The second-order valence-corrected chi connectivity index (χ2v) is 7.30. The fraction of sp³-hybridized carbons (Fsp3) is 0.333. The number of rotatable bonds is 3. The summed E-state index contributed by atoms with van der Waals surface area (Å²) >= 11 is 0. The normalized spacial score (nSPS) is 16.0. The van der Waals surface area contributed by atoms with Crippen molar-refractivity contribution in [3.63, 3.8) is 0 Å². The number of nitrogens with one attached hydrogen (secondary N) is 1. The lowest BCUT2D eigenvalue weighted by Crippen LogP contribution is -2.51. The summed E-state index contributed by atoms with van der Waals surface area (Å²) in [6, 6.07) is 11.2. The molecule has 4 rings (SSSR count). The average molecular weight is 396 g/mol. The number of hydrogen-bond donors (Lipinski definition) is 2. The molecule has 2 amide bonds. The Hall–Kier alpha value is -3.26. The minimum Gasteiger partial charge on any atom is -0.454 e. The van der Waals surface area contributed by atoms with Crippen LogP contribution in [0, 0.1) is 6.92 Å². The van der Waals surface area contributed by atoms with E-state index >= 15 is 0 Å². The first-order valence-electron chi connectivity index (χ1n) is 9.57. The number of nitrogens with zero attached hydrogens (tertiary/aromatic N) is 2. The molecule has 0 aliphatic carbocycles. The summed E-state index contributed by atoms with van der Waals surface area (Å²) < 4.78 is 10.8. The van der Waals surface area contributed by atoms with E-state index < -0.39 is 11.8 Å². The molecule has 0 saturated carbocycles. The maximum absolute atomic E-state index is 12.5. The van der Waals surface area contributed by atoms with Crippen molar-refractivity contribution in [1.29, 1.82) is 0 Å². The lowest BCUT2D eigenvalue weighted by molar-refractivity contribution is -0.144. The predicted molar refractivity (Wildman–Crippen MR) is 109 cm³/mol. The molecule has 0 radical (unpaired) electrons. The van der Waals surface area contributed by atoms with Gasteiger partial charge in [-0.05, 0) is 42.3 Å². The van der Waals surface area contributed by atoms with Crippen LogP contribution in [0.4, 0.5) is 11.4 Å². The number of ether oxygens (including phenoxy) is 2. The number of fused-ring (bicyclic) bond motifs is 1. The molecule has 2 aromatic carbocycles. The molecule has 2 aliphatic rings. The van der Waals surface area contributed by atoms with E-state index in [0.29, 0.717) is 37.6 Å². The first kappa shape index (κ1) is 19.1. The summed E-state index contributed by atoms with van der Waals surface area (Å²) in [5, 5.41) is 2.63. The third-order valence-electron chi connectivity index (χ3n) is 5.15. The molecule has 3 N–H and O–H groups in total. The molecule has 1 fully saturated rings. The summed E-state index contributed by atoms with van der Waals surface area (Å²) in [6.45, 7) is 5.30. The Morgan fingerprint density at radius 2 is 1.79 bits per heavy atom. The maximum Gasteiger partial charge on any atom is 0.313 e.